The molecule has 1 N–H and O–H groups in total. The average molecular weight is 389 g/mol. The van der Waals surface area contributed by atoms with E-state index >= 15 is 0 Å². The summed E-state index contributed by atoms with van der Waals surface area (Å²) in [6, 6.07) is 0. The third-order valence-electron chi connectivity index (χ3n) is 9.08. The highest BCUT2D eigenvalue weighted by Gasteiger charge is 2.62. The molecule has 7 atom stereocenters. The van der Waals surface area contributed by atoms with Gasteiger partial charge in [-0.1, -0.05) is 33.3 Å². The van der Waals surface area contributed by atoms with Gasteiger partial charge in [-0.25, -0.2) is 0 Å². The minimum atomic E-state index is -1.25. The van der Waals surface area contributed by atoms with Crippen LogP contribution in [-0.2, 0) is 14.3 Å². The molecule has 3 saturated carbocycles. The second kappa shape index (κ2) is 6.68. The van der Waals surface area contributed by atoms with Crippen LogP contribution in [0.25, 0.3) is 0 Å². The molecule has 0 aliphatic heterocycles. The van der Waals surface area contributed by atoms with Gasteiger partial charge in [0.2, 0.25) is 0 Å². The molecule has 4 aliphatic carbocycles. The van der Waals surface area contributed by atoms with Crippen molar-refractivity contribution in [1.82, 2.24) is 0 Å². The Kier molecular flexibility index (Phi) is 4.80. The Labute approximate surface area is 169 Å². The van der Waals surface area contributed by atoms with Gasteiger partial charge in [0.25, 0.3) is 0 Å². The summed E-state index contributed by atoms with van der Waals surface area (Å²) in [5.74, 6) is 1.49. The summed E-state index contributed by atoms with van der Waals surface area (Å²) in [5.41, 5.74) is -0.235. The molecule has 0 heterocycles. The fraction of sp³-hybridized carbons (Fsp3) is 0.833. The van der Waals surface area contributed by atoms with Crippen LogP contribution >= 0.6 is 0 Å². The third-order valence-corrected chi connectivity index (χ3v) is 9.08. The molecule has 28 heavy (non-hydrogen) atoms. The van der Waals surface area contributed by atoms with E-state index in [2.05, 4.69) is 19.9 Å². The number of esters is 1. The highest BCUT2D eigenvalue weighted by atomic mass is 16.5. The summed E-state index contributed by atoms with van der Waals surface area (Å²) < 4.78 is 5.74. The average Bonchev–Trinajstić information content (AvgIpc) is 2.95. The quantitative estimate of drug-likeness (QED) is 0.567. The molecule has 4 nitrogen and oxygen atoms in total. The van der Waals surface area contributed by atoms with Crippen LogP contribution < -0.4 is 0 Å². The van der Waals surface area contributed by atoms with E-state index in [0.717, 1.165) is 50.5 Å². The maximum absolute atomic E-state index is 12.7. The van der Waals surface area contributed by atoms with Crippen LogP contribution in [0, 0.1) is 28.6 Å². The Morgan fingerprint density at radius 2 is 1.96 bits per heavy atom. The van der Waals surface area contributed by atoms with Gasteiger partial charge >= 0.3 is 5.97 Å². The fourth-order valence-electron chi connectivity index (χ4n) is 7.77. The normalized spacial score (nSPS) is 47.6. The number of aliphatic hydroxyl groups is 1. The Balaban J connectivity index is 1.67. The molecule has 156 valence electrons. The molecule has 2 unspecified atom stereocenters. The molecule has 3 fully saturated rings. The van der Waals surface area contributed by atoms with Crippen molar-refractivity contribution in [2.75, 3.05) is 0 Å². The number of fused-ring (bicyclic) bond motifs is 5. The second-order valence-corrected chi connectivity index (χ2v) is 10.4. The largest absolute Gasteiger partial charge is 0.462 e. The van der Waals surface area contributed by atoms with Crippen LogP contribution in [-0.4, -0.2) is 28.6 Å². The van der Waals surface area contributed by atoms with Crippen molar-refractivity contribution in [2.45, 2.75) is 97.2 Å². The number of rotatable bonds is 3. The molecule has 4 heteroatoms. The lowest BCUT2D eigenvalue weighted by Crippen LogP contribution is -2.57. The number of allylic oxidation sites excluding steroid dienone is 1. The number of hydrogen-bond donors (Lipinski definition) is 1. The Morgan fingerprint density at radius 1 is 1.21 bits per heavy atom. The monoisotopic (exact) mass is 388 g/mol. The summed E-state index contributed by atoms with van der Waals surface area (Å²) in [4.78, 5) is 24.3. The standard InChI is InChI=1S/C24H36O4/c1-5-12-24(27)19-8-6-16-17-7-9-21(28-15(2)25)23(17,4)13-10-18(16)22(19,3)14-11-20(24)26/h8,16-18,21,27H,5-7,9-14H2,1-4H3/t16-,17-,18-,21?,22+,23-,24?/m0/s1. The Hall–Kier alpha value is -1.16. The predicted molar refractivity (Wildman–Crippen MR) is 108 cm³/mol. The third kappa shape index (κ3) is 2.66. The zero-order valence-electron chi connectivity index (χ0n) is 17.9. The molecule has 4 rings (SSSR count). The van der Waals surface area contributed by atoms with Crippen LogP contribution in [0.5, 0.6) is 0 Å². The van der Waals surface area contributed by atoms with Gasteiger partial charge in [0, 0.05) is 18.8 Å². The molecule has 0 saturated heterocycles. The van der Waals surface area contributed by atoms with Crippen molar-refractivity contribution in [3.8, 4) is 0 Å². The van der Waals surface area contributed by atoms with E-state index in [1.807, 2.05) is 6.92 Å². The van der Waals surface area contributed by atoms with E-state index in [9.17, 15) is 14.7 Å². The first kappa shape index (κ1) is 20.1. The Morgan fingerprint density at radius 3 is 2.64 bits per heavy atom. The van der Waals surface area contributed by atoms with E-state index < -0.39 is 5.60 Å². The molecule has 0 aromatic carbocycles. The first-order valence-corrected chi connectivity index (χ1v) is 11.3. The van der Waals surface area contributed by atoms with Gasteiger partial charge in [0.1, 0.15) is 11.7 Å². The van der Waals surface area contributed by atoms with Gasteiger partial charge in [0.05, 0.1) is 0 Å². The Bertz CT molecular complexity index is 711. The predicted octanol–water partition coefficient (Wildman–Crippen LogP) is 4.59. The summed E-state index contributed by atoms with van der Waals surface area (Å²) in [5, 5.41) is 11.4. The van der Waals surface area contributed by atoms with E-state index in [1.165, 1.54) is 6.92 Å². The van der Waals surface area contributed by atoms with E-state index in [0.29, 0.717) is 30.6 Å². The topological polar surface area (TPSA) is 63.6 Å². The molecule has 0 amide bonds. The zero-order chi connectivity index (χ0) is 20.3. The van der Waals surface area contributed by atoms with Gasteiger partial charge in [-0.3, -0.25) is 9.59 Å². The van der Waals surface area contributed by atoms with Crippen LogP contribution in [0.1, 0.15) is 85.5 Å². The highest BCUT2D eigenvalue weighted by molar-refractivity contribution is 5.92. The lowest BCUT2D eigenvalue weighted by Gasteiger charge is -2.59. The summed E-state index contributed by atoms with van der Waals surface area (Å²) in [7, 11) is 0. The van der Waals surface area contributed by atoms with Crippen LogP contribution in [0.4, 0.5) is 0 Å². The van der Waals surface area contributed by atoms with E-state index in [1.54, 1.807) is 0 Å². The molecular weight excluding hydrogens is 352 g/mol. The minimum absolute atomic E-state index is 0.0213. The number of Topliss-reactive ketones (excluding diaryl/α,β-unsaturated/α-hetero) is 1. The van der Waals surface area contributed by atoms with Gasteiger partial charge in [-0.15, -0.1) is 0 Å². The number of carbonyl (C=O) groups excluding carboxylic acids is 2. The number of hydrogen-bond acceptors (Lipinski definition) is 4. The molecule has 0 spiro atoms. The molecular formula is C24H36O4. The molecule has 0 aromatic rings. The van der Waals surface area contributed by atoms with Crippen molar-refractivity contribution in [2.24, 2.45) is 28.6 Å². The first-order chi connectivity index (χ1) is 13.2. The van der Waals surface area contributed by atoms with Crippen molar-refractivity contribution >= 4 is 11.8 Å². The van der Waals surface area contributed by atoms with Crippen molar-refractivity contribution in [1.29, 1.82) is 0 Å². The second-order valence-electron chi connectivity index (χ2n) is 10.4. The van der Waals surface area contributed by atoms with Crippen molar-refractivity contribution in [3.05, 3.63) is 11.6 Å². The smallest absolute Gasteiger partial charge is 0.302 e. The van der Waals surface area contributed by atoms with Crippen LogP contribution in [0.2, 0.25) is 0 Å². The SMILES string of the molecule is CCCC1(O)C(=O)CC[C@@]2(C)C1=CC[C@@H]1[C@@H]2CC[C@]2(C)C(OC(C)=O)CC[C@@H]12. The molecule has 0 bridgehead atoms. The number of carbonyl (C=O) groups is 2. The molecule has 0 radical (unpaired) electrons. The van der Waals surface area contributed by atoms with Crippen molar-refractivity contribution < 1.29 is 19.4 Å². The number of ether oxygens (including phenoxy) is 1. The lowest BCUT2D eigenvalue weighted by molar-refractivity contribution is -0.158. The van der Waals surface area contributed by atoms with Gasteiger partial charge in [0.15, 0.2) is 5.78 Å². The summed E-state index contributed by atoms with van der Waals surface area (Å²) in [6.45, 7) is 8.20. The maximum atomic E-state index is 12.7. The van der Waals surface area contributed by atoms with Gasteiger partial charge in [-0.2, -0.15) is 0 Å². The van der Waals surface area contributed by atoms with Gasteiger partial charge in [-0.05, 0) is 73.7 Å². The molecule has 0 aromatic heterocycles. The van der Waals surface area contributed by atoms with E-state index in [4.69, 9.17) is 4.74 Å². The zero-order valence-corrected chi connectivity index (χ0v) is 17.9. The first-order valence-electron chi connectivity index (χ1n) is 11.3. The summed E-state index contributed by atoms with van der Waals surface area (Å²) in [6.07, 6.45) is 10.2. The van der Waals surface area contributed by atoms with Crippen LogP contribution in [0.3, 0.4) is 0 Å². The maximum Gasteiger partial charge on any atom is 0.302 e. The van der Waals surface area contributed by atoms with E-state index in [-0.39, 0.29) is 28.7 Å². The van der Waals surface area contributed by atoms with Gasteiger partial charge < -0.3 is 9.84 Å². The highest BCUT2D eigenvalue weighted by Crippen LogP contribution is 2.66. The number of ketones is 1. The lowest BCUT2D eigenvalue weighted by atomic mass is 9.46. The van der Waals surface area contributed by atoms with Crippen LogP contribution in [0.15, 0.2) is 11.6 Å². The fourth-order valence-corrected chi connectivity index (χ4v) is 7.77. The molecule has 4 aliphatic rings. The summed E-state index contributed by atoms with van der Waals surface area (Å²) >= 11 is 0. The van der Waals surface area contributed by atoms with Crippen molar-refractivity contribution in [3.63, 3.8) is 0 Å². The minimum Gasteiger partial charge on any atom is -0.462 e.